The predicted molar refractivity (Wildman–Crippen MR) is 86.5 cm³/mol. The van der Waals surface area contributed by atoms with E-state index >= 15 is 0 Å². The number of nitrogens with two attached hydrogens (primary N) is 1. The van der Waals surface area contributed by atoms with Gasteiger partial charge in [-0.05, 0) is 58.5 Å². The minimum absolute atomic E-state index is 0.169. The molecule has 0 aromatic heterocycles. The van der Waals surface area contributed by atoms with Crippen LogP contribution in [-0.4, -0.2) is 55.0 Å². The van der Waals surface area contributed by atoms with Crippen LogP contribution in [0.1, 0.15) is 34.3 Å². The summed E-state index contributed by atoms with van der Waals surface area (Å²) in [5, 5.41) is 0. The van der Waals surface area contributed by atoms with Gasteiger partial charge in [-0.1, -0.05) is 17.2 Å². The fraction of sp³-hybridized carbons (Fsp3) is 0.588. The van der Waals surface area contributed by atoms with Gasteiger partial charge in [0.1, 0.15) is 0 Å². The number of amides is 1. The number of benzene rings is 1. The molecule has 0 atom stereocenters. The predicted octanol–water partition coefficient (Wildman–Crippen LogP) is 1.80. The molecule has 1 saturated heterocycles. The average molecular weight is 289 g/mol. The highest BCUT2D eigenvalue weighted by atomic mass is 16.2. The number of nitrogens with zero attached hydrogens (tertiary/aromatic N) is 2. The SMILES string of the molecule is Cc1cc(C)cc(C(=O)N2CCCN(CCCN)CC2)c1. The second-order valence-electron chi connectivity index (χ2n) is 6.01. The Morgan fingerprint density at radius 1 is 1.10 bits per heavy atom. The summed E-state index contributed by atoms with van der Waals surface area (Å²) >= 11 is 0. The van der Waals surface area contributed by atoms with Gasteiger partial charge in [0, 0.05) is 25.2 Å². The molecule has 4 nitrogen and oxygen atoms in total. The minimum atomic E-state index is 0.169. The van der Waals surface area contributed by atoms with E-state index in [1.165, 1.54) is 0 Å². The van der Waals surface area contributed by atoms with Gasteiger partial charge in [0.25, 0.3) is 5.91 Å². The first-order chi connectivity index (χ1) is 10.1. The zero-order chi connectivity index (χ0) is 15.2. The van der Waals surface area contributed by atoms with Crippen molar-refractivity contribution in [3.63, 3.8) is 0 Å². The van der Waals surface area contributed by atoms with Crippen LogP contribution in [0.2, 0.25) is 0 Å². The lowest BCUT2D eigenvalue weighted by Crippen LogP contribution is -2.35. The van der Waals surface area contributed by atoms with Crippen LogP contribution in [0.3, 0.4) is 0 Å². The summed E-state index contributed by atoms with van der Waals surface area (Å²) in [4.78, 5) is 17.1. The summed E-state index contributed by atoms with van der Waals surface area (Å²) in [5.74, 6) is 0.169. The molecule has 0 aliphatic carbocycles. The normalized spacial score (nSPS) is 16.8. The molecular formula is C17H27N3O. The van der Waals surface area contributed by atoms with Crippen molar-refractivity contribution in [1.29, 1.82) is 0 Å². The third kappa shape index (κ3) is 4.55. The van der Waals surface area contributed by atoms with Gasteiger partial charge in [0.2, 0.25) is 0 Å². The van der Waals surface area contributed by atoms with Crippen molar-refractivity contribution in [3.05, 3.63) is 34.9 Å². The minimum Gasteiger partial charge on any atom is -0.337 e. The fourth-order valence-electron chi connectivity index (χ4n) is 2.99. The van der Waals surface area contributed by atoms with Crippen LogP contribution in [0.25, 0.3) is 0 Å². The number of carbonyl (C=O) groups excluding carboxylic acids is 1. The topological polar surface area (TPSA) is 49.6 Å². The Morgan fingerprint density at radius 3 is 2.48 bits per heavy atom. The quantitative estimate of drug-likeness (QED) is 0.919. The molecule has 0 radical (unpaired) electrons. The molecule has 1 amide bonds. The molecule has 1 fully saturated rings. The highest BCUT2D eigenvalue weighted by Crippen LogP contribution is 2.13. The van der Waals surface area contributed by atoms with Crippen LogP contribution in [0, 0.1) is 13.8 Å². The van der Waals surface area contributed by atoms with Gasteiger partial charge in [-0.2, -0.15) is 0 Å². The second-order valence-corrected chi connectivity index (χ2v) is 6.01. The number of aryl methyl sites for hydroxylation is 2. The van der Waals surface area contributed by atoms with Gasteiger partial charge in [0.15, 0.2) is 0 Å². The Balaban J connectivity index is 1.99. The summed E-state index contributed by atoms with van der Waals surface area (Å²) in [6.07, 6.45) is 2.08. The van der Waals surface area contributed by atoms with Gasteiger partial charge in [0.05, 0.1) is 0 Å². The maximum absolute atomic E-state index is 12.7. The van der Waals surface area contributed by atoms with Crippen LogP contribution in [0.5, 0.6) is 0 Å². The molecule has 1 aromatic carbocycles. The van der Waals surface area contributed by atoms with E-state index in [0.717, 1.165) is 68.8 Å². The van der Waals surface area contributed by atoms with E-state index in [4.69, 9.17) is 5.73 Å². The molecule has 1 aliphatic heterocycles. The lowest BCUT2D eigenvalue weighted by Gasteiger charge is -2.22. The molecule has 1 aliphatic rings. The molecule has 0 bridgehead atoms. The molecule has 1 heterocycles. The molecule has 0 spiro atoms. The lowest BCUT2D eigenvalue weighted by molar-refractivity contribution is 0.0761. The molecule has 0 unspecified atom stereocenters. The van der Waals surface area contributed by atoms with E-state index < -0.39 is 0 Å². The van der Waals surface area contributed by atoms with E-state index in [2.05, 4.69) is 11.0 Å². The van der Waals surface area contributed by atoms with Crippen LogP contribution in [0.15, 0.2) is 18.2 Å². The highest BCUT2D eigenvalue weighted by Gasteiger charge is 2.20. The molecule has 2 rings (SSSR count). The van der Waals surface area contributed by atoms with Crippen molar-refractivity contribution in [1.82, 2.24) is 9.80 Å². The second kappa shape index (κ2) is 7.57. The van der Waals surface area contributed by atoms with Crippen molar-refractivity contribution in [3.8, 4) is 0 Å². The first-order valence-corrected chi connectivity index (χ1v) is 7.90. The summed E-state index contributed by atoms with van der Waals surface area (Å²) in [5.41, 5.74) is 8.70. The van der Waals surface area contributed by atoms with Crippen LogP contribution >= 0.6 is 0 Å². The van der Waals surface area contributed by atoms with Crippen LogP contribution in [0.4, 0.5) is 0 Å². The Labute approximate surface area is 127 Å². The Bertz CT molecular complexity index is 467. The first-order valence-electron chi connectivity index (χ1n) is 7.90. The van der Waals surface area contributed by atoms with E-state index in [-0.39, 0.29) is 5.91 Å². The fourth-order valence-corrected chi connectivity index (χ4v) is 2.99. The third-order valence-corrected chi connectivity index (χ3v) is 4.02. The third-order valence-electron chi connectivity index (χ3n) is 4.02. The van der Waals surface area contributed by atoms with Crippen molar-refractivity contribution in [2.75, 3.05) is 39.3 Å². The first kappa shape index (κ1) is 16.0. The molecule has 1 aromatic rings. The number of hydrogen-bond acceptors (Lipinski definition) is 3. The summed E-state index contributed by atoms with van der Waals surface area (Å²) in [6, 6.07) is 6.09. The molecule has 2 N–H and O–H groups in total. The van der Waals surface area contributed by atoms with Gasteiger partial charge in [-0.25, -0.2) is 0 Å². The summed E-state index contributed by atoms with van der Waals surface area (Å²) in [6.45, 7) is 9.56. The van der Waals surface area contributed by atoms with Crippen molar-refractivity contribution in [2.45, 2.75) is 26.7 Å². The molecular weight excluding hydrogens is 262 g/mol. The van der Waals surface area contributed by atoms with E-state index in [0.29, 0.717) is 0 Å². The monoisotopic (exact) mass is 289 g/mol. The summed E-state index contributed by atoms with van der Waals surface area (Å²) < 4.78 is 0. The standard InChI is InChI=1S/C17H27N3O/c1-14-11-15(2)13-16(12-14)17(21)20-8-4-7-19(9-10-20)6-3-5-18/h11-13H,3-10,18H2,1-2H3. The number of hydrogen-bond donors (Lipinski definition) is 1. The average Bonchev–Trinajstić information content (AvgIpc) is 2.68. The molecule has 116 valence electrons. The molecule has 21 heavy (non-hydrogen) atoms. The van der Waals surface area contributed by atoms with Crippen LogP contribution < -0.4 is 5.73 Å². The van der Waals surface area contributed by atoms with Gasteiger partial charge in [-0.15, -0.1) is 0 Å². The largest absolute Gasteiger partial charge is 0.337 e. The lowest BCUT2D eigenvalue weighted by atomic mass is 10.1. The van der Waals surface area contributed by atoms with Crippen molar-refractivity contribution in [2.24, 2.45) is 5.73 Å². The molecule has 4 heteroatoms. The van der Waals surface area contributed by atoms with E-state index in [1.54, 1.807) is 0 Å². The van der Waals surface area contributed by atoms with Gasteiger partial charge in [-0.3, -0.25) is 4.79 Å². The van der Waals surface area contributed by atoms with Crippen LogP contribution in [-0.2, 0) is 0 Å². The zero-order valence-electron chi connectivity index (χ0n) is 13.3. The molecule has 0 saturated carbocycles. The maximum Gasteiger partial charge on any atom is 0.253 e. The Hall–Kier alpha value is -1.39. The number of carbonyl (C=O) groups is 1. The maximum atomic E-state index is 12.7. The zero-order valence-corrected chi connectivity index (χ0v) is 13.3. The Morgan fingerprint density at radius 2 is 1.81 bits per heavy atom. The smallest absolute Gasteiger partial charge is 0.253 e. The number of rotatable bonds is 4. The summed E-state index contributed by atoms with van der Waals surface area (Å²) in [7, 11) is 0. The highest BCUT2D eigenvalue weighted by molar-refractivity contribution is 5.94. The van der Waals surface area contributed by atoms with E-state index in [1.807, 2.05) is 30.9 Å². The van der Waals surface area contributed by atoms with E-state index in [9.17, 15) is 4.79 Å². The van der Waals surface area contributed by atoms with Gasteiger partial charge >= 0.3 is 0 Å². The van der Waals surface area contributed by atoms with Crippen molar-refractivity contribution >= 4 is 5.91 Å². The van der Waals surface area contributed by atoms with Gasteiger partial charge < -0.3 is 15.5 Å². The Kier molecular flexibility index (Phi) is 5.76. The van der Waals surface area contributed by atoms with Crippen molar-refractivity contribution < 1.29 is 4.79 Å².